The molecule has 3 heteroatoms. The van der Waals surface area contributed by atoms with Crippen LogP contribution in [0.3, 0.4) is 0 Å². The third-order valence-electron chi connectivity index (χ3n) is 10.6. The molecule has 1 aliphatic carbocycles. The van der Waals surface area contributed by atoms with E-state index in [1.54, 1.807) is 0 Å². The van der Waals surface area contributed by atoms with Gasteiger partial charge in [-0.05, 0) is 128 Å². The van der Waals surface area contributed by atoms with E-state index in [0.29, 0.717) is 5.89 Å². The number of rotatable bonds is 5. The summed E-state index contributed by atoms with van der Waals surface area (Å²) in [7, 11) is 0. The Balaban J connectivity index is 1.09. The molecule has 0 saturated heterocycles. The molecule has 0 spiro atoms. The second-order valence-corrected chi connectivity index (χ2v) is 14.0. The van der Waals surface area contributed by atoms with Crippen LogP contribution in [0.2, 0.25) is 0 Å². The van der Waals surface area contributed by atoms with Gasteiger partial charge in [0, 0.05) is 28.0 Å². The predicted octanol–water partition coefficient (Wildman–Crippen LogP) is 13.2. The van der Waals surface area contributed by atoms with Gasteiger partial charge >= 0.3 is 0 Å². The molecule has 0 saturated carbocycles. The summed E-state index contributed by atoms with van der Waals surface area (Å²) in [6.45, 7) is 4.65. The summed E-state index contributed by atoms with van der Waals surface area (Å²) in [5, 5.41) is 4.95. The van der Waals surface area contributed by atoms with Crippen LogP contribution in [0.15, 0.2) is 174 Å². The molecule has 10 rings (SSSR count). The lowest BCUT2D eigenvalue weighted by Crippen LogP contribution is -2.14. The van der Waals surface area contributed by atoms with Crippen molar-refractivity contribution >= 4 is 49.7 Å². The smallest absolute Gasteiger partial charge is 0.227 e. The van der Waals surface area contributed by atoms with Crippen molar-refractivity contribution in [2.75, 3.05) is 4.90 Å². The molecule has 1 heterocycles. The summed E-state index contributed by atoms with van der Waals surface area (Å²) in [4.78, 5) is 7.24. The van der Waals surface area contributed by atoms with Crippen LogP contribution in [0.4, 0.5) is 17.1 Å². The average molecular weight is 655 g/mol. The fourth-order valence-electron chi connectivity index (χ4n) is 8.00. The van der Waals surface area contributed by atoms with E-state index < -0.39 is 0 Å². The summed E-state index contributed by atoms with van der Waals surface area (Å²) in [6, 6.07) is 60.8. The highest BCUT2D eigenvalue weighted by Gasteiger charge is 2.37. The van der Waals surface area contributed by atoms with Crippen molar-refractivity contribution in [2.45, 2.75) is 19.3 Å². The van der Waals surface area contributed by atoms with Crippen molar-refractivity contribution in [1.29, 1.82) is 0 Å². The monoisotopic (exact) mass is 654 g/mol. The molecule has 0 atom stereocenters. The molecule has 1 aliphatic rings. The molecular formula is C48H34N2O. The maximum Gasteiger partial charge on any atom is 0.227 e. The molecule has 51 heavy (non-hydrogen) atoms. The third-order valence-corrected chi connectivity index (χ3v) is 10.6. The Labute approximate surface area is 297 Å². The van der Waals surface area contributed by atoms with Crippen molar-refractivity contribution in [2.24, 2.45) is 0 Å². The van der Waals surface area contributed by atoms with Gasteiger partial charge < -0.3 is 9.32 Å². The highest BCUT2D eigenvalue weighted by molar-refractivity contribution is 6.11. The molecule has 0 fully saturated rings. The first-order valence-electron chi connectivity index (χ1n) is 17.5. The van der Waals surface area contributed by atoms with Crippen LogP contribution in [-0.2, 0) is 5.41 Å². The van der Waals surface area contributed by atoms with Crippen LogP contribution in [-0.4, -0.2) is 4.98 Å². The zero-order chi connectivity index (χ0) is 34.1. The van der Waals surface area contributed by atoms with Gasteiger partial charge in [0.2, 0.25) is 5.89 Å². The van der Waals surface area contributed by atoms with Crippen LogP contribution in [0.25, 0.3) is 66.4 Å². The molecule has 0 aliphatic heterocycles. The molecule has 0 amide bonds. The van der Waals surface area contributed by atoms with Crippen molar-refractivity contribution in [3.05, 3.63) is 181 Å². The number of anilines is 3. The second-order valence-electron chi connectivity index (χ2n) is 14.0. The van der Waals surface area contributed by atoms with Gasteiger partial charge in [-0.15, -0.1) is 0 Å². The summed E-state index contributed by atoms with van der Waals surface area (Å²) in [6.07, 6.45) is 0. The number of fused-ring (bicyclic) bond motifs is 7. The number of para-hydroxylation sites is 1. The van der Waals surface area contributed by atoms with E-state index >= 15 is 0 Å². The minimum atomic E-state index is -0.163. The van der Waals surface area contributed by atoms with E-state index in [1.165, 1.54) is 54.9 Å². The van der Waals surface area contributed by atoms with Crippen LogP contribution >= 0.6 is 0 Å². The van der Waals surface area contributed by atoms with E-state index in [-0.39, 0.29) is 5.41 Å². The number of oxazole rings is 1. The third kappa shape index (κ3) is 4.77. The minimum absolute atomic E-state index is 0.163. The molecule has 8 aromatic carbocycles. The molecule has 0 radical (unpaired) electrons. The summed E-state index contributed by atoms with van der Waals surface area (Å²) in [5.41, 5.74) is 13.4. The van der Waals surface area contributed by atoms with Crippen LogP contribution < -0.4 is 4.90 Å². The molecule has 9 aromatic rings. The highest BCUT2D eigenvalue weighted by Crippen LogP contribution is 2.52. The van der Waals surface area contributed by atoms with Gasteiger partial charge in [0.15, 0.2) is 5.58 Å². The van der Waals surface area contributed by atoms with Crippen molar-refractivity contribution < 1.29 is 4.42 Å². The summed E-state index contributed by atoms with van der Waals surface area (Å²) in [5.74, 6) is 0.657. The van der Waals surface area contributed by atoms with Crippen molar-refractivity contribution in [3.63, 3.8) is 0 Å². The maximum absolute atomic E-state index is 6.34. The standard InChI is InChI=1S/C48H34N2O/c1-48(2)43-27-35-19-18-34-26-38(50(36-16-10-5-11-17-36)37-22-20-32(21-23-37)31-12-6-3-7-13-31)24-25-39(34)40(35)28-41(43)42-29-46-45(30-44(42)48)49-47(51-46)33-14-8-4-9-15-33/h3-30H,1-2H3. The number of hydrogen-bond donors (Lipinski definition) is 0. The van der Waals surface area contributed by atoms with E-state index in [2.05, 4.69) is 158 Å². The topological polar surface area (TPSA) is 29.3 Å². The van der Waals surface area contributed by atoms with Gasteiger partial charge in [0.05, 0.1) is 0 Å². The first-order chi connectivity index (χ1) is 25.0. The van der Waals surface area contributed by atoms with E-state index in [4.69, 9.17) is 9.40 Å². The number of aromatic nitrogens is 1. The van der Waals surface area contributed by atoms with Crippen LogP contribution in [0, 0.1) is 0 Å². The van der Waals surface area contributed by atoms with Crippen molar-refractivity contribution in [3.8, 4) is 33.7 Å². The van der Waals surface area contributed by atoms with Gasteiger partial charge in [-0.2, -0.15) is 0 Å². The lowest BCUT2D eigenvalue weighted by Gasteiger charge is -2.26. The minimum Gasteiger partial charge on any atom is -0.436 e. The number of hydrogen-bond acceptors (Lipinski definition) is 3. The molecule has 1 aromatic heterocycles. The van der Waals surface area contributed by atoms with Gasteiger partial charge in [-0.1, -0.05) is 111 Å². The Bertz CT molecular complexity index is 2750. The molecule has 0 N–H and O–H groups in total. The predicted molar refractivity (Wildman–Crippen MR) is 212 cm³/mol. The number of nitrogens with zero attached hydrogens (tertiary/aromatic N) is 2. The lowest BCUT2D eigenvalue weighted by molar-refractivity contribution is 0.619. The van der Waals surface area contributed by atoms with Gasteiger partial charge in [0.25, 0.3) is 0 Å². The second kappa shape index (κ2) is 11.3. The fraction of sp³-hybridized carbons (Fsp3) is 0.0625. The Morgan fingerprint density at radius 2 is 1.04 bits per heavy atom. The molecule has 0 unspecified atom stereocenters. The molecule has 0 bridgehead atoms. The van der Waals surface area contributed by atoms with E-state index in [0.717, 1.165) is 33.7 Å². The van der Waals surface area contributed by atoms with Crippen molar-refractivity contribution in [1.82, 2.24) is 4.98 Å². The fourth-order valence-corrected chi connectivity index (χ4v) is 8.00. The summed E-state index contributed by atoms with van der Waals surface area (Å²) >= 11 is 0. The summed E-state index contributed by atoms with van der Waals surface area (Å²) < 4.78 is 6.34. The van der Waals surface area contributed by atoms with E-state index in [1.807, 2.05) is 30.3 Å². The Hall–Kier alpha value is -6.45. The zero-order valence-electron chi connectivity index (χ0n) is 28.5. The highest BCUT2D eigenvalue weighted by atomic mass is 16.3. The van der Waals surface area contributed by atoms with Gasteiger partial charge in [-0.25, -0.2) is 4.98 Å². The van der Waals surface area contributed by atoms with Gasteiger partial charge in [0.1, 0.15) is 5.52 Å². The SMILES string of the molecule is CC1(C)c2cc3ccc4cc(N(c5ccccc5)c5ccc(-c6ccccc6)cc5)ccc4c3cc2-c2cc3oc(-c4ccccc4)nc3cc21. The lowest BCUT2D eigenvalue weighted by atomic mass is 9.81. The average Bonchev–Trinajstić information content (AvgIpc) is 3.70. The maximum atomic E-state index is 6.34. The normalized spacial score (nSPS) is 13.1. The first kappa shape index (κ1) is 29.5. The largest absolute Gasteiger partial charge is 0.436 e. The quantitative estimate of drug-likeness (QED) is 0.173. The molecular weight excluding hydrogens is 621 g/mol. The van der Waals surface area contributed by atoms with Crippen LogP contribution in [0.5, 0.6) is 0 Å². The Morgan fingerprint density at radius 3 is 1.76 bits per heavy atom. The number of benzene rings is 8. The Morgan fingerprint density at radius 1 is 0.471 bits per heavy atom. The van der Waals surface area contributed by atoms with Crippen LogP contribution in [0.1, 0.15) is 25.0 Å². The van der Waals surface area contributed by atoms with E-state index in [9.17, 15) is 0 Å². The first-order valence-corrected chi connectivity index (χ1v) is 17.5. The zero-order valence-corrected chi connectivity index (χ0v) is 28.5. The van der Waals surface area contributed by atoms with Gasteiger partial charge in [-0.3, -0.25) is 0 Å². The molecule has 242 valence electrons. The Kier molecular flexibility index (Phi) is 6.53. The molecule has 3 nitrogen and oxygen atoms in total.